The summed E-state index contributed by atoms with van der Waals surface area (Å²) in [7, 11) is 0. The predicted octanol–water partition coefficient (Wildman–Crippen LogP) is 4.72. The summed E-state index contributed by atoms with van der Waals surface area (Å²) in [5, 5.41) is 3.58. The van der Waals surface area contributed by atoms with Crippen molar-refractivity contribution in [1.29, 1.82) is 0 Å². The second-order valence-electron chi connectivity index (χ2n) is 4.07. The molecule has 0 bridgehead atoms. The fourth-order valence-electron chi connectivity index (χ4n) is 1.84. The van der Waals surface area contributed by atoms with Gasteiger partial charge in [0.25, 0.3) is 0 Å². The molecule has 0 radical (unpaired) electrons. The summed E-state index contributed by atoms with van der Waals surface area (Å²) in [6.07, 6.45) is 4.13. The van der Waals surface area contributed by atoms with Crippen LogP contribution in [-0.2, 0) is 0 Å². The van der Waals surface area contributed by atoms with E-state index in [0.29, 0.717) is 6.04 Å². The zero-order chi connectivity index (χ0) is 10.8. The lowest BCUT2D eigenvalue weighted by Crippen LogP contribution is -2.21. The van der Waals surface area contributed by atoms with Crippen LogP contribution in [-0.4, -0.2) is 6.54 Å². The summed E-state index contributed by atoms with van der Waals surface area (Å²) >= 11 is 8.96. The van der Waals surface area contributed by atoms with Crippen LogP contribution in [0.25, 0.3) is 0 Å². The number of nitrogens with one attached hydrogen (secondary N) is 1. The molecule has 1 aromatic rings. The highest BCUT2D eigenvalue weighted by molar-refractivity contribution is 9.12. The molecule has 1 atom stereocenters. The molecule has 0 amide bonds. The monoisotopic (exact) mass is 351 g/mol. The number of rotatable bonds is 5. The molecule has 4 heteroatoms. The van der Waals surface area contributed by atoms with E-state index in [1.54, 1.807) is 11.3 Å². The number of hydrogen-bond donors (Lipinski definition) is 1. The first kappa shape index (κ1) is 12.1. The maximum atomic E-state index is 3.65. The molecular weight excluding hydrogens is 338 g/mol. The minimum atomic E-state index is 0.527. The minimum Gasteiger partial charge on any atom is -0.310 e. The molecule has 1 N–H and O–H groups in total. The third-order valence-corrected chi connectivity index (χ3v) is 5.16. The Bertz CT molecular complexity index is 333. The van der Waals surface area contributed by atoms with E-state index >= 15 is 0 Å². The molecule has 1 unspecified atom stereocenters. The second kappa shape index (κ2) is 5.30. The van der Waals surface area contributed by atoms with Gasteiger partial charge in [-0.15, -0.1) is 11.3 Å². The average molecular weight is 353 g/mol. The first-order valence-electron chi connectivity index (χ1n) is 5.38. The predicted molar refractivity (Wildman–Crippen MR) is 73.5 cm³/mol. The lowest BCUT2D eigenvalue weighted by Gasteiger charge is -2.17. The summed E-state index contributed by atoms with van der Waals surface area (Å²) in [6.45, 7) is 3.21. The zero-order valence-corrected chi connectivity index (χ0v) is 12.7. The first-order valence-corrected chi connectivity index (χ1v) is 7.79. The van der Waals surface area contributed by atoms with Gasteiger partial charge in [0.2, 0.25) is 0 Å². The van der Waals surface area contributed by atoms with E-state index < -0.39 is 0 Å². The van der Waals surface area contributed by atoms with Crippen molar-refractivity contribution < 1.29 is 0 Å². The van der Waals surface area contributed by atoms with Crippen LogP contribution in [0.4, 0.5) is 0 Å². The van der Waals surface area contributed by atoms with Gasteiger partial charge in [0.1, 0.15) is 0 Å². The SMILES string of the molecule is CCNC(CC1CC1)c1cc(Br)sc1Br. The van der Waals surface area contributed by atoms with E-state index in [9.17, 15) is 0 Å². The van der Waals surface area contributed by atoms with Crippen molar-refractivity contribution in [3.63, 3.8) is 0 Å². The Morgan fingerprint density at radius 2 is 2.27 bits per heavy atom. The van der Waals surface area contributed by atoms with Crippen LogP contribution in [0.3, 0.4) is 0 Å². The van der Waals surface area contributed by atoms with Gasteiger partial charge in [-0.1, -0.05) is 19.8 Å². The average Bonchev–Trinajstić information content (AvgIpc) is 2.91. The van der Waals surface area contributed by atoms with E-state index in [-0.39, 0.29) is 0 Å². The normalized spacial score (nSPS) is 18.1. The molecule has 1 aromatic heterocycles. The number of hydrogen-bond acceptors (Lipinski definition) is 2. The highest BCUT2D eigenvalue weighted by Gasteiger charge is 2.27. The van der Waals surface area contributed by atoms with E-state index in [1.165, 1.54) is 32.4 Å². The molecule has 0 spiro atoms. The lowest BCUT2D eigenvalue weighted by molar-refractivity contribution is 0.486. The molecule has 1 aliphatic carbocycles. The molecule has 0 aromatic carbocycles. The summed E-state index contributed by atoms with van der Waals surface area (Å²) in [6, 6.07) is 2.77. The third kappa shape index (κ3) is 3.29. The van der Waals surface area contributed by atoms with Crippen LogP contribution in [0.15, 0.2) is 13.6 Å². The van der Waals surface area contributed by atoms with E-state index in [4.69, 9.17) is 0 Å². The fraction of sp³-hybridized carbons (Fsp3) is 0.636. The zero-order valence-electron chi connectivity index (χ0n) is 8.72. The molecule has 1 heterocycles. The molecule has 1 saturated carbocycles. The van der Waals surface area contributed by atoms with Crippen molar-refractivity contribution in [2.45, 2.75) is 32.2 Å². The smallest absolute Gasteiger partial charge is 0.0758 e. The molecule has 0 aliphatic heterocycles. The summed E-state index contributed by atoms with van der Waals surface area (Å²) in [5.74, 6) is 0.958. The molecule has 2 rings (SSSR count). The van der Waals surface area contributed by atoms with Crippen molar-refractivity contribution in [1.82, 2.24) is 5.32 Å². The van der Waals surface area contributed by atoms with Gasteiger partial charge in [0, 0.05) is 6.04 Å². The Balaban J connectivity index is 2.10. The van der Waals surface area contributed by atoms with Crippen molar-refractivity contribution in [2.75, 3.05) is 6.54 Å². The molecule has 1 aliphatic rings. The molecule has 84 valence electrons. The van der Waals surface area contributed by atoms with Gasteiger partial charge in [-0.05, 0) is 62.4 Å². The number of halogens is 2. The van der Waals surface area contributed by atoms with Gasteiger partial charge in [-0.25, -0.2) is 0 Å². The Kier molecular flexibility index (Phi) is 4.27. The van der Waals surface area contributed by atoms with Gasteiger partial charge < -0.3 is 5.32 Å². The molecule has 0 saturated heterocycles. The lowest BCUT2D eigenvalue weighted by atomic mass is 10.0. The Hall–Kier alpha value is 0.620. The maximum absolute atomic E-state index is 3.65. The third-order valence-electron chi connectivity index (χ3n) is 2.77. The van der Waals surface area contributed by atoms with Crippen LogP contribution in [0.5, 0.6) is 0 Å². The van der Waals surface area contributed by atoms with Crippen molar-refractivity contribution in [2.24, 2.45) is 5.92 Å². The Labute approximate surface area is 112 Å². The minimum absolute atomic E-state index is 0.527. The van der Waals surface area contributed by atoms with Crippen LogP contribution in [0.1, 0.15) is 37.8 Å². The quantitative estimate of drug-likeness (QED) is 0.808. The summed E-state index contributed by atoms with van der Waals surface area (Å²) in [5.41, 5.74) is 1.42. The molecular formula is C11H15Br2NS. The Morgan fingerprint density at radius 3 is 2.73 bits per heavy atom. The fourth-order valence-corrected chi connectivity index (χ4v) is 4.82. The van der Waals surface area contributed by atoms with Crippen molar-refractivity contribution >= 4 is 43.2 Å². The molecule has 15 heavy (non-hydrogen) atoms. The summed E-state index contributed by atoms with van der Waals surface area (Å²) < 4.78 is 2.48. The Morgan fingerprint density at radius 1 is 1.53 bits per heavy atom. The summed E-state index contributed by atoms with van der Waals surface area (Å²) in [4.78, 5) is 0. The van der Waals surface area contributed by atoms with Gasteiger partial charge in [-0.2, -0.15) is 0 Å². The van der Waals surface area contributed by atoms with Crippen LogP contribution in [0, 0.1) is 5.92 Å². The molecule has 1 fully saturated rings. The molecule has 1 nitrogen and oxygen atoms in total. The largest absolute Gasteiger partial charge is 0.310 e. The van der Waals surface area contributed by atoms with Crippen LogP contribution < -0.4 is 5.32 Å². The van der Waals surface area contributed by atoms with Gasteiger partial charge in [-0.3, -0.25) is 0 Å². The number of thiophene rings is 1. The van der Waals surface area contributed by atoms with E-state index in [1.807, 2.05) is 0 Å². The van der Waals surface area contributed by atoms with Crippen molar-refractivity contribution in [3.8, 4) is 0 Å². The van der Waals surface area contributed by atoms with E-state index in [2.05, 4.69) is 50.2 Å². The first-order chi connectivity index (χ1) is 7.20. The standard InChI is InChI=1S/C11H15Br2NS/c1-2-14-9(5-7-3-4-7)8-6-10(12)15-11(8)13/h6-7,9,14H,2-5H2,1H3. The highest BCUT2D eigenvalue weighted by atomic mass is 79.9. The van der Waals surface area contributed by atoms with Crippen LogP contribution in [0.2, 0.25) is 0 Å². The van der Waals surface area contributed by atoms with Gasteiger partial charge in [0.15, 0.2) is 0 Å². The topological polar surface area (TPSA) is 12.0 Å². The second-order valence-corrected chi connectivity index (χ2v) is 7.82. The highest BCUT2D eigenvalue weighted by Crippen LogP contribution is 2.42. The van der Waals surface area contributed by atoms with Crippen molar-refractivity contribution in [3.05, 3.63) is 19.2 Å². The van der Waals surface area contributed by atoms with Gasteiger partial charge in [0.05, 0.1) is 7.57 Å². The van der Waals surface area contributed by atoms with E-state index in [0.717, 1.165) is 12.5 Å². The van der Waals surface area contributed by atoms with Crippen LogP contribution >= 0.6 is 43.2 Å². The maximum Gasteiger partial charge on any atom is 0.0758 e. The van der Waals surface area contributed by atoms with Gasteiger partial charge >= 0.3 is 0 Å².